The molecule has 0 amide bonds. The second kappa shape index (κ2) is 3.32. The van der Waals surface area contributed by atoms with E-state index >= 15 is 0 Å². The molecule has 0 spiro atoms. The Balaban J connectivity index is 2.89. The van der Waals surface area contributed by atoms with Crippen molar-refractivity contribution in [2.75, 3.05) is 11.5 Å². The van der Waals surface area contributed by atoms with Crippen LogP contribution in [0.15, 0.2) is 6.20 Å². The van der Waals surface area contributed by atoms with Gasteiger partial charge in [-0.25, -0.2) is 4.98 Å². The van der Waals surface area contributed by atoms with Crippen molar-refractivity contribution in [3.05, 3.63) is 6.20 Å². The lowest BCUT2D eigenvalue weighted by Crippen LogP contribution is -2.05. The molecule has 0 saturated heterocycles. The number of nitrogens with two attached hydrogens (primary N) is 2. The molecule has 12 heavy (non-hydrogen) atoms. The topological polar surface area (TPSA) is 124 Å². The van der Waals surface area contributed by atoms with Gasteiger partial charge < -0.3 is 15.7 Å². The number of nitrogen functional groups attached to an aromatic ring is 2. The molecule has 1 aromatic heterocycles. The molecule has 1 unspecified atom stereocenters. The average molecular weight is 190 g/mol. The molecule has 0 aromatic carbocycles. The maximum atomic E-state index is 10.1. The molecule has 7 nitrogen and oxygen atoms in total. The fourth-order valence-electron chi connectivity index (χ4n) is 0.491. The van der Waals surface area contributed by atoms with E-state index in [-0.39, 0.29) is 17.5 Å². The van der Waals surface area contributed by atoms with Gasteiger partial charge >= 0.3 is 17.4 Å². The molecule has 66 valence electrons. The largest absolute Gasteiger partial charge is 0.394 e. The van der Waals surface area contributed by atoms with Crippen LogP contribution in [0.1, 0.15) is 0 Å². The highest BCUT2D eigenvalue weighted by molar-refractivity contribution is 7.74. The predicted octanol–water partition coefficient (Wildman–Crippen LogP) is -0.843. The summed E-state index contributed by atoms with van der Waals surface area (Å²) in [5.74, 6) is 0.00505. The molecule has 0 bridgehead atoms. The van der Waals surface area contributed by atoms with E-state index in [0.29, 0.717) is 0 Å². The number of nitrogens with zero attached hydrogens (tertiary/aromatic N) is 2. The zero-order valence-corrected chi connectivity index (χ0v) is 6.61. The average Bonchev–Trinajstić information content (AvgIpc) is 1.96. The molecule has 5 N–H and O–H groups in total. The molecule has 1 rings (SSSR count). The van der Waals surface area contributed by atoms with Gasteiger partial charge in [0.25, 0.3) is 0 Å². The van der Waals surface area contributed by atoms with E-state index in [2.05, 4.69) is 14.2 Å². The maximum absolute atomic E-state index is 10.1. The highest BCUT2D eigenvalue weighted by Gasteiger charge is 2.04. The Morgan fingerprint density at radius 2 is 2.25 bits per heavy atom. The van der Waals surface area contributed by atoms with Crippen LogP contribution in [0, 0.1) is 0 Å². The van der Waals surface area contributed by atoms with Gasteiger partial charge in [0.05, 0.1) is 11.9 Å². The molecular formula is C4H6N4O3S. The van der Waals surface area contributed by atoms with Gasteiger partial charge in [-0.1, -0.05) is 0 Å². The fraction of sp³-hybridized carbons (Fsp3) is 0. The van der Waals surface area contributed by atoms with Crippen LogP contribution in [-0.2, 0) is 11.4 Å². The van der Waals surface area contributed by atoms with Crippen LogP contribution >= 0.6 is 0 Å². The summed E-state index contributed by atoms with van der Waals surface area (Å²) in [5, 5.41) is 0. The summed E-state index contributed by atoms with van der Waals surface area (Å²) in [5.41, 5.74) is 10.7. The third-order valence-electron chi connectivity index (χ3n) is 0.972. The van der Waals surface area contributed by atoms with E-state index in [1.54, 1.807) is 0 Å². The second-order valence-electron chi connectivity index (χ2n) is 1.79. The maximum Gasteiger partial charge on any atom is 0.360 e. The van der Waals surface area contributed by atoms with Gasteiger partial charge in [0, 0.05) is 0 Å². The first-order chi connectivity index (χ1) is 5.59. The number of hydrogen-bond donors (Lipinski definition) is 3. The number of anilines is 2. The Labute approximate surface area is 70.3 Å². The van der Waals surface area contributed by atoms with E-state index in [1.807, 2.05) is 0 Å². The Hall–Kier alpha value is -1.41. The Bertz CT molecular complexity index is 317. The van der Waals surface area contributed by atoms with Crippen LogP contribution in [0.2, 0.25) is 0 Å². The van der Waals surface area contributed by atoms with Gasteiger partial charge in [0.15, 0.2) is 5.82 Å². The number of aromatic nitrogens is 2. The van der Waals surface area contributed by atoms with Crippen molar-refractivity contribution in [2.45, 2.75) is 0 Å². The molecule has 0 saturated carbocycles. The van der Waals surface area contributed by atoms with E-state index in [9.17, 15) is 4.21 Å². The van der Waals surface area contributed by atoms with E-state index in [0.717, 1.165) is 0 Å². The summed E-state index contributed by atoms with van der Waals surface area (Å²) in [7, 11) is 0. The summed E-state index contributed by atoms with van der Waals surface area (Å²) in [6.07, 6.45) is 1.19. The first kappa shape index (κ1) is 8.68. The van der Waals surface area contributed by atoms with Crippen LogP contribution in [0.4, 0.5) is 11.5 Å². The normalized spacial score (nSPS) is 12.4. The van der Waals surface area contributed by atoms with Crippen LogP contribution in [0.5, 0.6) is 6.01 Å². The van der Waals surface area contributed by atoms with E-state index in [4.69, 9.17) is 16.0 Å². The van der Waals surface area contributed by atoms with Crippen molar-refractivity contribution in [1.82, 2.24) is 9.97 Å². The molecule has 1 heterocycles. The zero-order chi connectivity index (χ0) is 9.14. The first-order valence-corrected chi connectivity index (χ1v) is 3.80. The predicted molar refractivity (Wildman–Crippen MR) is 42.3 cm³/mol. The van der Waals surface area contributed by atoms with Crippen LogP contribution in [0.25, 0.3) is 0 Å². The fourth-order valence-corrected chi connectivity index (χ4v) is 0.699. The highest BCUT2D eigenvalue weighted by Crippen LogP contribution is 2.12. The number of rotatable bonds is 2. The summed E-state index contributed by atoms with van der Waals surface area (Å²) >= 11 is -2.45. The summed E-state index contributed by atoms with van der Waals surface area (Å²) < 4.78 is 22.6. The molecule has 0 aliphatic carbocycles. The van der Waals surface area contributed by atoms with Crippen molar-refractivity contribution in [3.8, 4) is 6.01 Å². The Kier molecular flexibility index (Phi) is 2.41. The molecule has 1 atom stereocenters. The molecule has 0 aliphatic rings. The molecular weight excluding hydrogens is 184 g/mol. The highest BCUT2D eigenvalue weighted by atomic mass is 32.2. The van der Waals surface area contributed by atoms with Crippen molar-refractivity contribution in [2.24, 2.45) is 0 Å². The van der Waals surface area contributed by atoms with Gasteiger partial charge in [-0.05, 0) is 0 Å². The Morgan fingerprint density at radius 3 is 2.75 bits per heavy atom. The third-order valence-corrected chi connectivity index (χ3v) is 1.26. The van der Waals surface area contributed by atoms with Crippen molar-refractivity contribution < 1.29 is 12.9 Å². The first-order valence-electron chi connectivity index (χ1n) is 2.77. The molecule has 1 aromatic rings. The number of hydrogen-bond acceptors (Lipinski definition) is 6. The lowest BCUT2D eigenvalue weighted by Gasteiger charge is -1.99. The summed E-state index contributed by atoms with van der Waals surface area (Å²) in [6, 6.07) is -0.289. The van der Waals surface area contributed by atoms with Gasteiger partial charge in [0.1, 0.15) is 0 Å². The zero-order valence-electron chi connectivity index (χ0n) is 5.80. The second-order valence-corrected chi connectivity index (χ2v) is 2.39. The van der Waals surface area contributed by atoms with Crippen LogP contribution in [0.3, 0.4) is 0 Å². The lowest BCUT2D eigenvalue weighted by molar-refractivity contribution is 0.440. The summed E-state index contributed by atoms with van der Waals surface area (Å²) in [4.78, 5) is 6.97. The minimum Gasteiger partial charge on any atom is -0.394 e. The third kappa shape index (κ3) is 2.04. The van der Waals surface area contributed by atoms with Crippen LogP contribution < -0.4 is 15.7 Å². The van der Waals surface area contributed by atoms with Crippen molar-refractivity contribution >= 4 is 22.9 Å². The summed E-state index contributed by atoms with van der Waals surface area (Å²) in [6.45, 7) is 0. The standard InChI is InChI=1S/C4H6N4O3S/c5-2-1-7-4(8-3(2)6)11-12(9)10/h1H,5H2,(H,9,10)(H2,6,7,8). The molecule has 0 radical (unpaired) electrons. The van der Waals surface area contributed by atoms with Gasteiger partial charge in [-0.15, -0.1) is 0 Å². The quantitative estimate of drug-likeness (QED) is 0.519. The van der Waals surface area contributed by atoms with Gasteiger partial charge in [0.2, 0.25) is 0 Å². The van der Waals surface area contributed by atoms with Crippen molar-refractivity contribution in [1.29, 1.82) is 0 Å². The molecule has 0 aliphatic heterocycles. The Morgan fingerprint density at radius 1 is 1.58 bits per heavy atom. The minimum absolute atomic E-state index is 0.00505. The SMILES string of the molecule is Nc1cnc(OS(=O)O)nc1N. The lowest BCUT2D eigenvalue weighted by atomic mass is 10.5. The van der Waals surface area contributed by atoms with Gasteiger partial charge in [-0.2, -0.15) is 9.19 Å². The van der Waals surface area contributed by atoms with Crippen molar-refractivity contribution in [3.63, 3.8) is 0 Å². The van der Waals surface area contributed by atoms with Crippen LogP contribution in [-0.4, -0.2) is 18.7 Å². The molecule has 8 heteroatoms. The monoisotopic (exact) mass is 190 g/mol. The van der Waals surface area contributed by atoms with E-state index < -0.39 is 11.4 Å². The minimum atomic E-state index is -2.45. The molecule has 0 fully saturated rings. The van der Waals surface area contributed by atoms with E-state index in [1.165, 1.54) is 6.20 Å². The smallest absolute Gasteiger partial charge is 0.360 e. The van der Waals surface area contributed by atoms with Gasteiger partial charge in [-0.3, -0.25) is 4.55 Å².